The van der Waals surface area contributed by atoms with Crippen LogP contribution in [-0.4, -0.2) is 16.0 Å². The minimum atomic E-state index is 0.638. The minimum Gasteiger partial charge on any atom is -0.485 e. The Morgan fingerprint density at radius 2 is 2.38 bits per heavy atom. The Balaban J connectivity index is 2.42. The summed E-state index contributed by atoms with van der Waals surface area (Å²) in [6, 6.07) is 2.03. The van der Waals surface area contributed by atoms with Crippen LogP contribution in [0.25, 0.3) is 11.7 Å². The van der Waals surface area contributed by atoms with Crippen LogP contribution in [0.2, 0.25) is 0 Å². The van der Waals surface area contributed by atoms with E-state index in [4.69, 9.17) is 4.74 Å². The fourth-order valence-corrected chi connectivity index (χ4v) is 1.56. The van der Waals surface area contributed by atoms with Gasteiger partial charge in [-0.1, -0.05) is 6.08 Å². The van der Waals surface area contributed by atoms with Crippen LogP contribution in [0.5, 0.6) is 5.75 Å². The average Bonchev–Trinajstić information content (AvgIpc) is 2.65. The SMILES string of the molecule is C1=Cc2ccn3ccnc3c2OC1. The number of rotatable bonds is 0. The summed E-state index contributed by atoms with van der Waals surface area (Å²) in [5.74, 6) is 0.884. The number of pyridine rings is 1. The Morgan fingerprint density at radius 3 is 3.38 bits per heavy atom. The third kappa shape index (κ3) is 0.869. The molecule has 0 N–H and O–H groups in total. The van der Waals surface area contributed by atoms with Gasteiger partial charge in [0.05, 0.1) is 0 Å². The Kier molecular flexibility index (Phi) is 1.22. The fraction of sp³-hybridized carbons (Fsp3) is 0.100. The summed E-state index contributed by atoms with van der Waals surface area (Å²) < 4.78 is 7.48. The Morgan fingerprint density at radius 1 is 1.38 bits per heavy atom. The lowest BCUT2D eigenvalue weighted by molar-refractivity contribution is 0.360. The number of imidazole rings is 1. The van der Waals surface area contributed by atoms with Gasteiger partial charge in [-0.25, -0.2) is 4.98 Å². The normalized spacial score (nSPS) is 14.2. The molecule has 64 valence electrons. The highest BCUT2D eigenvalue weighted by molar-refractivity contribution is 5.69. The Bertz CT molecular complexity index is 485. The molecule has 3 heterocycles. The molecule has 0 saturated carbocycles. The highest BCUT2D eigenvalue weighted by Crippen LogP contribution is 2.27. The van der Waals surface area contributed by atoms with E-state index in [9.17, 15) is 0 Å². The lowest BCUT2D eigenvalue weighted by Crippen LogP contribution is -2.02. The van der Waals surface area contributed by atoms with Gasteiger partial charge >= 0.3 is 0 Å². The zero-order valence-corrected chi connectivity index (χ0v) is 6.97. The van der Waals surface area contributed by atoms with E-state index in [1.807, 2.05) is 28.9 Å². The van der Waals surface area contributed by atoms with Gasteiger partial charge in [0.25, 0.3) is 0 Å². The highest BCUT2D eigenvalue weighted by Gasteiger charge is 2.10. The lowest BCUT2D eigenvalue weighted by atomic mass is 10.2. The van der Waals surface area contributed by atoms with Gasteiger partial charge in [-0.15, -0.1) is 0 Å². The van der Waals surface area contributed by atoms with E-state index in [0.29, 0.717) is 6.61 Å². The van der Waals surface area contributed by atoms with E-state index in [1.54, 1.807) is 6.20 Å². The van der Waals surface area contributed by atoms with Gasteiger partial charge in [-0.3, -0.25) is 0 Å². The molecule has 0 amide bonds. The molecule has 1 aliphatic rings. The van der Waals surface area contributed by atoms with Crippen LogP contribution >= 0.6 is 0 Å². The fourth-order valence-electron chi connectivity index (χ4n) is 1.56. The molecule has 0 fully saturated rings. The zero-order valence-electron chi connectivity index (χ0n) is 6.97. The third-order valence-corrected chi connectivity index (χ3v) is 2.17. The summed E-state index contributed by atoms with van der Waals surface area (Å²) in [7, 11) is 0. The molecule has 13 heavy (non-hydrogen) atoms. The van der Waals surface area contributed by atoms with Crippen LogP contribution in [0.3, 0.4) is 0 Å². The second-order valence-corrected chi connectivity index (χ2v) is 2.97. The predicted molar refractivity (Wildman–Crippen MR) is 49.7 cm³/mol. The highest BCUT2D eigenvalue weighted by atomic mass is 16.5. The van der Waals surface area contributed by atoms with Crippen molar-refractivity contribution in [2.24, 2.45) is 0 Å². The van der Waals surface area contributed by atoms with Crippen LogP contribution in [-0.2, 0) is 0 Å². The van der Waals surface area contributed by atoms with Crippen molar-refractivity contribution in [2.45, 2.75) is 0 Å². The van der Waals surface area contributed by atoms with Gasteiger partial charge in [-0.2, -0.15) is 0 Å². The summed E-state index contributed by atoms with van der Waals surface area (Å²) in [5.41, 5.74) is 1.99. The van der Waals surface area contributed by atoms with Crippen LogP contribution in [0.4, 0.5) is 0 Å². The van der Waals surface area contributed by atoms with Gasteiger partial charge in [0.1, 0.15) is 6.61 Å². The number of aromatic nitrogens is 2. The van der Waals surface area contributed by atoms with E-state index in [1.165, 1.54) is 0 Å². The van der Waals surface area contributed by atoms with Crippen LogP contribution in [0.1, 0.15) is 5.56 Å². The standard InChI is InChI=1S/C10H8N2O/c1-2-8-3-5-12-6-4-11-10(12)9(8)13-7-1/h1-6H,7H2. The molecule has 0 spiro atoms. The monoisotopic (exact) mass is 172 g/mol. The van der Waals surface area contributed by atoms with Gasteiger partial charge in [0.15, 0.2) is 11.4 Å². The summed E-state index contributed by atoms with van der Waals surface area (Å²) in [6.07, 6.45) is 9.74. The van der Waals surface area contributed by atoms with Crippen molar-refractivity contribution < 1.29 is 4.74 Å². The molecule has 3 rings (SSSR count). The largest absolute Gasteiger partial charge is 0.485 e. The van der Waals surface area contributed by atoms with E-state index >= 15 is 0 Å². The molecule has 0 aliphatic carbocycles. The lowest BCUT2D eigenvalue weighted by Gasteiger charge is -2.12. The topological polar surface area (TPSA) is 26.5 Å². The number of ether oxygens (including phenoxy) is 1. The number of hydrogen-bond acceptors (Lipinski definition) is 2. The van der Waals surface area contributed by atoms with Crippen LogP contribution < -0.4 is 4.74 Å². The second kappa shape index (κ2) is 2.36. The first-order chi connectivity index (χ1) is 6.45. The number of hydrogen-bond donors (Lipinski definition) is 0. The van der Waals surface area contributed by atoms with Crippen LogP contribution in [0, 0.1) is 0 Å². The maximum Gasteiger partial charge on any atom is 0.180 e. The first kappa shape index (κ1) is 6.71. The molecule has 2 aromatic heterocycles. The van der Waals surface area contributed by atoms with E-state index < -0.39 is 0 Å². The van der Waals surface area contributed by atoms with Crippen molar-refractivity contribution in [3.05, 3.63) is 36.3 Å². The first-order valence-electron chi connectivity index (χ1n) is 4.20. The minimum absolute atomic E-state index is 0.638. The maximum absolute atomic E-state index is 5.52. The van der Waals surface area contributed by atoms with Gasteiger partial charge in [0.2, 0.25) is 0 Å². The first-order valence-corrected chi connectivity index (χ1v) is 4.20. The van der Waals surface area contributed by atoms with Crippen molar-refractivity contribution in [1.82, 2.24) is 9.38 Å². The molecule has 0 saturated heterocycles. The van der Waals surface area contributed by atoms with E-state index in [0.717, 1.165) is 17.0 Å². The molecule has 1 aliphatic heterocycles. The molecule has 0 radical (unpaired) electrons. The maximum atomic E-state index is 5.52. The molecule has 0 unspecified atom stereocenters. The Labute approximate surface area is 75.3 Å². The molecule has 2 aromatic rings. The van der Waals surface area contributed by atoms with E-state index in [-0.39, 0.29) is 0 Å². The summed E-state index contributed by atoms with van der Waals surface area (Å²) in [6.45, 7) is 0.638. The number of fused-ring (bicyclic) bond motifs is 3. The Hall–Kier alpha value is -1.77. The van der Waals surface area contributed by atoms with Crippen molar-refractivity contribution in [1.29, 1.82) is 0 Å². The van der Waals surface area contributed by atoms with Crippen molar-refractivity contribution in [2.75, 3.05) is 6.61 Å². The zero-order chi connectivity index (χ0) is 8.67. The second-order valence-electron chi connectivity index (χ2n) is 2.97. The van der Waals surface area contributed by atoms with E-state index in [2.05, 4.69) is 11.1 Å². The quantitative estimate of drug-likeness (QED) is 0.605. The predicted octanol–water partition coefficient (Wildman–Crippen LogP) is 1.74. The molecule has 0 bridgehead atoms. The third-order valence-electron chi connectivity index (χ3n) is 2.17. The molecule has 3 heteroatoms. The summed E-state index contributed by atoms with van der Waals surface area (Å²) in [4.78, 5) is 4.24. The average molecular weight is 172 g/mol. The molecule has 0 atom stereocenters. The summed E-state index contributed by atoms with van der Waals surface area (Å²) >= 11 is 0. The smallest absolute Gasteiger partial charge is 0.180 e. The van der Waals surface area contributed by atoms with Gasteiger partial charge in [0, 0.05) is 24.2 Å². The molecule has 0 aromatic carbocycles. The van der Waals surface area contributed by atoms with Gasteiger partial charge in [-0.05, 0) is 12.1 Å². The number of nitrogens with zero attached hydrogens (tertiary/aromatic N) is 2. The van der Waals surface area contributed by atoms with Crippen molar-refractivity contribution in [3.63, 3.8) is 0 Å². The van der Waals surface area contributed by atoms with Gasteiger partial charge < -0.3 is 9.14 Å². The molecular formula is C10H8N2O. The van der Waals surface area contributed by atoms with Crippen molar-refractivity contribution in [3.8, 4) is 5.75 Å². The van der Waals surface area contributed by atoms with Crippen molar-refractivity contribution >= 4 is 11.7 Å². The molecule has 3 nitrogen and oxygen atoms in total. The van der Waals surface area contributed by atoms with Crippen LogP contribution in [0.15, 0.2) is 30.7 Å². The molecular weight excluding hydrogens is 164 g/mol. The summed E-state index contributed by atoms with van der Waals surface area (Å²) in [5, 5.41) is 0.